The maximum Gasteiger partial charge on any atom is 0.273 e. The summed E-state index contributed by atoms with van der Waals surface area (Å²) in [5.41, 5.74) is 2.39. The highest BCUT2D eigenvalue weighted by atomic mass is 16.6. The van der Waals surface area contributed by atoms with Gasteiger partial charge in [0.25, 0.3) is 5.69 Å². The lowest BCUT2D eigenvalue weighted by atomic mass is 9.99. The molecule has 0 atom stereocenters. The molecule has 0 heterocycles. The Hall–Kier alpha value is -1.68. The van der Waals surface area contributed by atoms with E-state index in [0.29, 0.717) is 0 Å². The summed E-state index contributed by atoms with van der Waals surface area (Å²) in [5, 5.41) is 19.9. The minimum absolute atomic E-state index is 0.0419. The van der Waals surface area contributed by atoms with E-state index < -0.39 is 0 Å². The number of nitro groups is 1. The molecule has 92 valence electrons. The summed E-state index contributed by atoms with van der Waals surface area (Å²) in [5.74, 6) is 0.118. The summed E-state index contributed by atoms with van der Waals surface area (Å²) in [6.07, 6.45) is 1.75. The Bertz CT molecular complexity index is 450. The molecule has 4 heteroatoms. The third-order valence-electron chi connectivity index (χ3n) is 2.54. The van der Waals surface area contributed by atoms with Crippen LogP contribution >= 0.6 is 0 Å². The van der Waals surface area contributed by atoms with E-state index in [1.165, 1.54) is 0 Å². The van der Waals surface area contributed by atoms with Gasteiger partial charge >= 0.3 is 0 Å². The largest absolute Gasteiger partial charge is 0.392 e. The van der Waals surface area contributed by atoms with Gasteiger partial charge in [-0.2, -0.15) is 0 Å². The highest BCUT2D eigenvalue weighted by Gasteiger charge is 2.16. The van der Waals surface area contributed by atoms with Crippen molar-refractivity contribution in [1.29, 1.82) is 0 Å². The van der Waals surface area contributed by atoms with Gasteiger partial charge in [-0.1, -0.05) is 32.1 Å². The molecule has 1 rings (SSSR count). The molecule has 1 aromatic rings. The highest BCUT2D eigenvalue weighted by molar-refractivity contribution is 5.58. The van der Waals surface area contributed by atoms with Crippen LogP contribution in [0.4, 0.5) is 5.69 Å². The maximum absolute atomic E-state index is 11.0. The Kier molecular flexibility index (Phi) is 4.40. The molecule has 0 unspecified atom stereocenters. The first-order valence-corrected chi connectivity index (χ1v) is 5.52. The van der Waals surface area contributed by atoms with Crippen molar-refractivity contribution < 1.29 is 10.0 Å². The monoisotopic (exact) mass is 235 g/mol. The molecule has 0 saturated carbocycles. The number of nitrogens with zero attached hydrogens (tertiary/aromatic N) is 1. The molecular weight excluding hydrogens is 218 g/mol. The fourth-order valence-corrected chi connectivity index (χ4v) is 1.63. The quantitative estimate of drug-likeness (QED) is 0.644. The van der Waals surface area contributed by atoms with Crippen LogP contribution in [0.25, 0.3) is 6.08 Å². The average Bonchev–Trinajstić information content (AvgIpc) is 2.28. The minimum atomic E-state index is -0.360. The van der Waals surface area contributed by atoms with Gasteiger partial charge in [0.1, 0.15) is 0 Å². The second kappa shape index (κ2) is 5.59. The molecule has 0 bridgehead atoms. The zero-order valence-electron chi connectivity index (χ0n) is 10.3. The number of aliphatic hydroxyl groups is 1. The number of hydrogen-bond donors (Lipinski definition) is 1. The Morgan fingerprint density at radius 2 is 2.18 bits per heavy atom. The Morgan fingerprint density at radius 3 is 2.65 bits per heavy atom. The van der Waals surface area contributed by atoms with Crippen molar-refractivity contribution in [1.82, 2.24) is 0 Å². The molecule has 4 nitrogen and oxygen atoms in total. The van der Waals surface area contributed by atoms with E-state index in [4.69, 9.17) is 5.11 Å². The van der Waals surface area contributed by atoms with Crippen molar-refractivity contribution in [3.8, 4) is 0 Å². The van der Waals surface area contributed by atoms with E-state index in [9.17, 15) is 10.1 Å². The summed E-state index contributed by atoms with van der Waals surface area (Å²) in [4.78, 5) is 10.6. The van der Waals surface area contributed by atoms with Crippen molar-refractivity contribution >= 4 is 11.8 Å². The van der Waals surface area contributed by atoms with Gasteiger partial charge in [-0.05, 0) is 24.0 Å². The number of benzene rings is 1. The van der Waals surface area contributed by atoms with Crippen LogP contribution in [0.1, 0.15) is 37.8 Å². The maximum atomic E-state index is 11.0. The standard InChI is InChI=1S/C13H17NO3/c1-9(2)12-5-4-11(6-10(3)8-15)7-13(12)14(16)17/h4-7,9,15H,8H2,1-3H3. The van der Waals surface area contributed by atoms with Crippen LogP contribution in [-0.2, 0) is 0 Å². The molecule has 0 radical (unpaired) electrons. The molecule has 0 aliphatic rings. The fourth-order valence-electron chi connectivity index (χ4n) is 1.63. The number of nitro benzene ring substituents is 1. The van der Waals surface area contributed by atoms with Crippen LogP contribution in [0.15, 0.2) is 23.8 Å². The van der Waals surface area contributed by atoms with Crippen LogP contribution in [0, 0.1) is 10.1 Å². The first kappa shape index (κ1) is 13.4. The summed E-state index contributed by atoms with van der Waals surface area (Å²) < 4.78 is 0. The Morgan fingerprint density at radius 1 is 1.53 bits per heavy atom. The molecule has 0 aliphatic heterocycles. The molecular formula is C13H17NO3. The van der Waals surface area contributed by atoms with Crippen molar-refractivity contribution in [2.45, 2.75) is 26.7 Å². The second-order valence-electron chi connectivity index (χ2n) is 4.38. The first-order chi connectivity index (χ1) is 7.95. The van der Waals surface area contributed by atoms with Gasteiger partial charge in [-0.3, -0.25) is 10.1 Å². The van der Waals surface area contributed by atoms with E-state index in [1.807, 2.05) is 19.9 Å². The predicted molar refractivity (Wildman–Crippen MR) is 67.9 cm³/mol. The molecule has 0 aromatic heterocycles. The number of rotatable bonds is 4. The lowest BCUT2D eigenvalue weighted by Crippen LogP contribution is -1.98. The van der Waals surface area contributed by atoms with E-state index in [1.54, 1.807) is 25.1 Å². The molecule has 17 heavy (non-hydrogen) atoms. The van der Waals surface area contributed by atoms with Gasteiger partial charge in [0.2, 0.25) is 0 Å². The zero-order chi connectivity index (χ0) is 13.0. The summed E-state index contributed by atoms with van der Waals surface area (Å²) in [7, 11) is 0. The smallest absolute Gasteiger partial charge is 0.273 e. The fraction of sp³-hybridized carbons (Fsp3) is 0.385. The topological polar surface area (TPSA) is 63.4 Å². The summed E-state index contributed by atoms with van der Waals surface area (Å²) in [6, 6.07) is 5.16. The van der Waals surface area contributed by atoms with Crippen LogP contribution in [0.2, 0.25) is 0 Å². The molecule has 0 aliphatic carbocycles. The normalized spacial score (nSPS) is 11.9. The van der Waals surface area contributed by atoms with Crippen molar-refractivity contribution in [3.63, 3.8) is 0 Å². The third-order valence-corrected chi connectivity index (χ3v) is 2.54. The van der Waals surface area contributed by atoms with Gasteiger partial charge in [0, 0.05) is 11.6 Å². The van der Waals surface area contributed by atoms with Crippen LogP contribution in [0.3, 0.4) is 0 Å². The third kappa shape index (κ3) is 3.39. The van der Waals surface area contributed by atoms with Crippen LogP contribution in [-0.4, -0.2) is 16.6 Å². The lowest BCUT2D eigenvalue weighted by molar-refractivity contribution is -0.385. The van der Waals surface area contributed by atoms with Gasteiger partial charge in [-0.15, -0.1) is 0 Å². The molecule has 0 fully saturated rings. The van der Waals surface area contributed by atoms with E-state index >= 15 is 0 Å². The van der Waals surface area contributed by atoms with Crippen molar-refractivity contribution in [2.75, 3.05) is 6.61 Å². The second-order valence-corrected chi connectivity index (χ2v) is 4.38. The van der Waals surface area contributed by atoms with Gasteiger partial charge in [0.05, 0.1) is 11.5 Å². The highest BCUT2D eigenvalue weighted by Crippen LogP contribution is 2.27. The van der Waals surface area contributed by atoms with Crippen molar-refractivity contribution in [2.24, 2.45) is 0 Å². The van der Waals surface area contributed by atoms with Gasteiger partial charge < -0.3 is 5.11 Å². The van der Waals surface area contributed by atoms with E-state index in [0.717, 1.165) is 16.7 Å². The molecule has 1 aromatic carbocycles. The summed E-state index contributed by atoms with van der Waals surface area (Å²) in [6.45, 7) is 5.59. The average molecular weight is 235 g/mol. The lowest BCUT2D eigenvalue weighted by Gasteiger charge is -2.07. The zero-order valence-corrected chi connectivity index (χ0v) is 10.3. The van der Waals surface area contributed by atoms with Crippen molar-refractivity contribution in [3.05, 3.63) is 45.0 Å². The molecule has 0 spiro atoms. The first-order valence-electron chi connectivity index (χ1n) is 5.52. The predicted octanol–water partition coefficient (Wildman–Crippen LogP) is 3.11. The Balaban J connectivity index is 3.24. The van der Waals surface area contributed by atoms with Crippen LogP contribution in [0.5, 0.6) is 0 Å². The Labute approximate surface area is 101 Å². The molecule has 0 amide bonds. The van der Waals surface area contributed by atoms with Gasteiger partial charge in [0.15, 0.2) is 0 Å². The van der Waals surface area contributed by atoms with E-state index in [2.05, 4.69) is 0 Å². The summed E-state index contributed by atoms with van der Waals surface area (Å²) >= 11 is 0. The number of aliphatic hydroxyl groups excluding tert-OH is 1. The van der Waals surface area contributed by atoms with Crippen LogP contribution < -0.4 is 0 Å². The molecule has 1 N–H and O–H groups in total. The van der Waals surface area contributed by atoms with Gasteiger partial charge in [-0.25, -0.2) is 0 Å². The minimum Gasteiger partial charge on any atom is -0.392 e. The number of hydrogen-bond acceptors (Lipinski definition) is 3. The van der Waals surface area contributed by atoms with E-state index in [-0.39, 0.29) is 23.1 Å². The molecule has 0 saturated heterocycles. The SMILES string of the molecule is CC(=Cc1ccc(C(C)C)c([N+](=O)[O-])c1)CO.